The predicted molar refractivity (Wildman–Crippen MR) is 54.4 cm³/mol. The molecule has 1 aromatic heterocycles. The summed E-state index contributed by atoms with van der Waals surface area (Å²) in [4.78, 5) is 14.2. The minimum atomic E-state index is -1.07. The number of carboxylic acid groups (broad SMARTS) is 1. The summed E-state index contributed by atoms with van der Waals surface area (Å²) in [6, 6.07) is 2.92. The molecule has 0 aliphatic heterocycles. The summed E-state index contributed by atoms with van der Waals surface area (Å²) in [7, 11) is 0. The van der Waals surface area contributed by atoms with Gasteiger partial charge >= 0.3 is 5.97 Å². The number of hydrogen-bond donors (Lipinski definition) is 2. The number of hydrogen-bond acceptors (Lipinski definition) is 3. The molecule has 2 N–H and O–H groups in total. The molecule has 0 aliphatic carbocycles. The number of aromatic nitrogens is 1. The molecule has 1 aromatic rings. The summed E-state index contributed by atoms with van der Waals surface area (Å²) in [6.45, 7) is 3.14. The van der Waals surface area contributed by atoms with Gasteiger partial charge < -0.3 is 10.2 Å². The van der Waals surface area contributed by atoms with Crippen LogP contribution >= 0.6 is 0 Å². The molecule has 0 saturated heterocycles. The summed E-state index contributed by atoms with van der Waals surface area (Å²) in [5.41, 5.74) is -0.517. The van der Waals surface area contributed by atoms with Crippen molar-refractivity contribution in [3.05, 3.63) is 29.6 Å². The molecule has 4 nitrogen and oxygen atoms in total. The molecule has 1 rings (SSSR count). The third-order valence-corrected chi connectivity index (χ3v) is 1.50. The van der Waals surface area contributed by atoms with Gasteiger partial charge in [0.1, 0.15) is 11.3 Å². The van der Waals surface area contributed by atoms with Gasteiger partial charge in [0.15, 0.2) is 0 Å². The van der Waals surface area contributed by atoms with Crippen molar-refractivity contribution < 1.29 is 15.0 Å². The molecule has 15 heavy (non-hydrogen) atoms. The smallest absolute Gasteiger partial charge is 0.354 e. The number of rotatable bonds is 1. The van der Waals surface area contributed by atoms with E-state index in [0.29, 0.717) is 5.56 Å². The number of pyridine rings is 1. The lowest BCUT2D eigenvalue weighted by molar-refractivity contribution is 0.0690. The highest BCUT2D eigenvalue weighted by atomic mass is 16.4. The SMILES string of the molecule is CC(C)(O)C#Cc1ccc(C(=O)O)nc1. The van der Waals surface area contributed by atoms with Crippen LogP contribution in [0.25, 0.3) is 0 Å². The summed E-state index contributed by atoms with van der Waals surface area (Å²) in [6.07, 6.45) is 1.36. The average Bonchev–Trinajstić information content (AvgIpc) is 2.14. The maximum absolute atomic E-state index is 10.5. The average molecular weight is 205 g/mol. The first-order valence-electron chi connectivity index (χ1n) is 4.33. The van der Waals surface area contributed by atoms with Gasteiger partial charge in [-0.15, -0.1) is 0 Å². The summed E-state index contributed by atoms with van der Waals surface area (Å²) in [5.74, 6) is 4.23. The second kappa shape index (κ2) is 4.11. The van der Waals surface area contributed by atoms with Crippen LogP contribution in [0.2, 0.25) is 0 Å². The van der Waals surface area contributed by atoms with E-state index in [-0.39, 0.29) is 5.69 Å². The van der Waals surface area contributed by atoms with Gasteiger partial charge in [0, 0.05) is 11.8 Å². The summed E-state index contributed by atoms with van der Waals surface area (Å²) < 4.78 is 0. The number of carbonyl (C=O) groups is 1. The highest BCUT2D eigenvalue weighted by Gasteiger charge is 2.06. The van der Waals surface area contributed by atoms with Gasteiger partial charge in [0.25, 0.3) is 0 Å². The monoisotopic (exact) mass is 205 g/mol. The summed E-state index contributed by atoms with van der Waals surface area (Å²) in [5, 5.41) is 17.9. The van der Waals surface area contributed by atoms with Crippen LogP contribution in [-0.2, 0) is 0 Å². The van der Waals surface area contributed by atoms with Crippen molar-refractivity contribution in [2.24, 2.45) is 0 Å². The van der Waals surface area contributed by atoms with E-state index < -0.39 is 11.6 Å². The van der Waals surface area contributed by atoms with Crippen molar-refractivity contribution in [2.45, 2.75) is 19.4 Å². The summed E-state index contributed by atoms with van der Waals surface area (Å²) >= 11 is 0. The second-order valence-corrected chi connectivity index (χ2v) is 3.55. The maximum atomic E-state index is 10.5. The number of carboxylic acids is 1. The molecule has 4 heteroatoms. The van der Waals surface area contributed by atoms with Crippen LogP contribution in [0.15, 0.2) is 18.3 Å². The molecular weight excluding hydrogens is 194 g/mol. The quantitative estimate of drug-likeness (QED) is 0.668. The first-order valence-corrected chi connectivity index (χ1v) is 4.33. The number of aromatic carboxylic acids is 1. The Balaban J connectivity index is 2.89. The van der Waals surface area contributed by atoms with E-state index >= 15 is 0 Å². The molecular formula is C11H11NO3. The van der Waals surface area contributed by atoms with Crippen LogP contribution in [0.1, 0.15) is 29.9 Å². The number of nitrogens with zero attached hydrogens (tertiary/aromatic N) is 1. The van der Waals surface area contributed by atoms with Crippen LogP contribution in [0.4, 0.5) is 0 Å². The molecule has 0 aliphatic rings. The Bertz CT molecular complexity index is 418. The lowest BCUT2D eigenvalue weighted by atomic mass is 10.1. The Morgan fingerprint density at radius 2 is 2.13 bits per heavy atom. The van der Waals surface area contributed by atoms with Crippen LogP contribution in [0.5, 0.6) is 0 Å². The van der Waals surface area contributed by atoms with Crippen LogP contribution in [0.3, 0.4) is 0 Å². The zero-order valence-electron chi connectivity index (χ0n) is 8.48. The van der Waals surface area contributed by atoms with E-state index in [9.17, 15) is 9.90 Å². The molecule has 0 fully saturated rings. The molecule has 0 radical (unpaired) electrons. The first-order chi connectivity index (χ1) is 6.88. The van der Waals surface area contributed by atoms with Crippen LogP contribution in [-0.4, -0.2) is 26.8 Å². The molecule has 78 valence electrons. The highest BCUT2D eigenvalue weighted by Crippen LogP contribution is 2.01. The molecule has 0 atom stereocenters. The molecule has 1 heterocycles. The number of aliphatic hydroxyl groups is 1. The normalized spacial score (nSPS) is 10.3. The zero-order chi connectivity index (χ0) is 11.5. The predicted octanol–water partition coefficient (Wildman–Crippen LogP) is 0.902. The topological polar surface area (TPSA) is 70.4 Å². The van der Waals surface area contributed by atoms with E-state index in [1.165, 1.54) is 12.3 Å². The minimum absolute atomic E-state index is 0.0243. The fourth-order valence-corrected chi connectivity index (χ4v) is 0.819. The Morgan fingerprint density at radius 1 is 1.47 bits per heavy atom. The largest absolute Gasteiger partial charge is 0.477 e. The van der Waals surface area contributed by atoms with Gasteiger partial charge in [0.05, 0.1) is 0 Å². The van der Waals surface area contributed by atoms with Gasteiger partial charge in [0.2, 0.25) is 0 Å². The van der Waals surface area contributed by atoms with Crippen molar-refractivity contribution in [2.75, 3.05) is 0 Å². The molecule has 0 saturated carbocycles. The van der Waals surface area contributed by atoms with Gasteiger partial charge in [-0.25, -0.2) is 9.78 Å². The molecule has 0 amide bonds. The fraction of sp³-hybridized carbons (Fsp3) is 0.273. The minimum Gasteiger partial charge on any atom is -0.477 e. The lowest BCUT2D eigenvalue weighted by Gasteiger charge is -2.05. The van der Waals surface area contributed by atoms with Crippen molar-refractivity contribution >= 4 is 5.97 Å². The first kappa shape index (κ1) is 11.2. The van der Waals surface area contributed by atoms with Crippen LogP contribution < -0.4 is 0 Å². The third-order valence-electron chi connectivity index (χ3n) is 1.50. The Morgan fingerprint density at radius 3 is 2.53 bits per heavy atom. The van der Waals surface area contributed by atoms with Crippen molar-refractivity contribution in [1.29, 1.82) is 0 Å². The molecule has 0 aromatic carbocycles. The second-order valence-electron chi connectivity index (χ2n) is 3.55. The molecule has 0 bridgehead atoms. The van der Waals surface area contributed by atoms with Crippen molar-refractivity contribution in [3.63, 3.8) is 0 Å². The maximum Gasteiger partial charge on any atom is 0.354 e. The Labute approximate surface area is 87.6 Å². The Hall–Kier alpha value is -1.86. The van der Waals surface area contributed by atoms with Crippen molar-refractivity contribution in [1.82, 2.24) is 4.98 Å². The van der Waals surface area contributed by atoms with Gasteiger partial charge in [-0.05, 0) is 26.0 Å². The van der Waals surface area contributed by atoms with Gasteiger partial charge in [-0.2, -0.15) is 0 Å². The molecule has 0 spiro atoms. The lowest BCUT2D eigenvalue weighted by Crippen LogP contribution is -2.14. The van der Waals surface area contributed by atoms with E-state index in [0.717, 1.165) is 0 Å². The van der Waals surface area contributed by atoms with E-state index in [1.54, 1.807) is 19.9 Å². The third kappa shape index (κ3) is 3.79. The van der Waals surface area contributed by atoms with Crippen LogP contribution in [0, 0.1) is 11.8 Å². The highest BCUT2D eigenvalue weighted by molar-refractivity contribution is 5.85. The van der Waals surface area contributed by atoms with Gasteiger partial charge in [-0.1, -0.05) is 11.8 Å². The van der Waals surface area contributed by atoms with Gasteiger partial charge in [-0.3, -0.25) is 0 Å². The molecule has 0 unspecified atom stereocenters. The van der Waals surface area contributed by atoms with E-state index in [1.807, 2.05) is 0 Å². The van der Waals surface area contributed by atoms with Crippen molar-refractivity contribution in [3.8, 4) is 11.8 Å². The zero-order valence-corrected chi connectivity index (χ0v) is 8.48. The van der Waals surface area contributed by atoms with E-state index in [4.69, 9.17) is 5.11 Å². The fourth-order valence-electron chi connectivity index (χ4n) is 0.819. The standard InChI is InChI=1S/C11H11NO3/c1-11(2,15)6-5-8-3-4-9(10(13)14)12-7-8/h3-4,7,15H,1-2H3,(H,13,14). The Kier molecular flexibility index (Phi) is 3.08. The van der Waals surface area contributed by atoms with E-state index in [2.05, 4.69) is 16.8 Å².